The van der Waals surface area contributed by atoms with Gasteiger partial charge in [-0.1, -0.05) is 24.3 Å². The second-order valence-corrected chi connectivity index (χ2v) is 4.36. The summed E-state index contributed by atoms with van der Waals surface area (Å²) >= 11 is 0. The van der Waals surface area contributed by atoms with E-state index >= 15 is 0 Å². The van der Waals surface area contributed by atoms with Gasteiger partial charge in [-0.25, -0.2) is 9.59 Å². The van der Waals surface area contributed by atoms with Crippen molar-refractivity contribution in [2.45, 2.75) is 13.0 Å². The molecule has 2 aliphatic rings. The van der Waals surface area contributed by atoms with Crippen molar-refractivity contribution in [3.8, 4) is 0 Å². The Balaban J connectivity index is 2.10. The van der Waals surface area contributed by atoms with Crippen LogP contribution in [-0.4, -0.2) is 18.6 Å². The second kappa shape index (κ2) is 3.87. The summed E-state index contributed by atoms with van der Waals surface area (Å²) in [6, 6.07) is 6.93. The van der Waals surface area contributed by atoms with Gasteiger partial charge in [0.25, 0.3) is 0 Å². The molecular formula is C13H12N2O3. The van der Waals surface area contributed by atoms with Crippen LogP contribution >= 0.6 is 0 Å². The Hall–Kier alpha value is -2.30. The van der Waals surface area contributed by atoms with Crippen LogP contribution < -0.4 is 10.6 Å². The SMILES string of the molecule is Cc1ccccc1[C@H]1NC(=O)NC2=C1C(=O)OC2. The molecule has 0 unspecified atom stereocenters. The molecule has 1 aromatic carbocycles. The van der Waals surface area contributed by atoms with Gasteiger partial charge in [0, 0.05) is 0 Å². The third-order valence-corrected chi connectivity index (χ3v) is 3.22. The molecule has 0 fully saturated rings. The van der Waals surface area contributed by atoms with E-state index in [2.05, 4.69) is 10.6 Å². The lowest BCUT2D eigenvalue weighted by Gasteiger charge is -2.25. The van der Waals surface area contributed by atoms with Gasteiger partial charge >= 0.3 is 12.0 Å². The van der Waals surface area contributed by atoms with Crippen LogP contribution in [0.25, 0.3) is 0 Å². The van der Waals surface area contributed by atoms with Crippen molar-refractivity contribution < 1.29 is 14.3 Å². The maximum atomic E-state index is 11.7. The molecule has 1 atom stereocenters. The Kier molecular flexibility index (Phi) is 2.33. The summed E-state index contributed by atoms with van der Waals surface area (Å²) in [7, 11) is 0. The molecule has 0 aliphatic carbocycles. The smallest absolute Gasteiger partial charge is 0.338 e. The first kappa shape index (κ1) is 10.8. The fourth-order valence-corrected chi connectivity index (χ4v) is 2.33. The lowest BCUT2D eigenvalue weighted by Crippen LogP contribution is -2.44. The molecule has 0 saturated heterocycles. The third-order valence-electron chi connectivity index (χ3n) is 3.22. The predicted molar refractivity (Wildman–Crippen MR) is 63.6 cm³/mol. The number of carbonyl (C=O) groups is 2. The summed E-state index contributed by atoms with van der Waals surface area (Å²) in [5.41, 5.74) is 3.01. The Morgan fingerprint density at radius 3 is 2.83 bits per heavy atom. The van der Waals surface area contributed by atoms with Crippen molar-refractivity contribution in [2.24, 2.45) is 0 Å². The summed E-state index contributed by atoms with van der Waals surface area (Å²) < 4.78 is 4.97. The van der Waals surface area contributed by atoms with Crippen molar-refractivity contribution in [1.29, 1.82) is 0 Å². The van der Waals surface area contributed by atoms with Gasteiger partial charge in [0.1, 0.15) is 6.61 Å². The van der Waals surface area contributed by atoms with Crippen molar-refractivity contribution >= 4 is 12.0 Å². The van der Waals surface area contributed by atoms with Crippen molar-refractivity contribution in [3.05, 3.63) is 46.7 Å². The van der Waals surface area contributed by atoms with E-state index in [1.165, 1.54) is 0 Å². The first-order chi connectivity index (χ1) is 8.66. The first-order valence-electron chi connectivity index (χ1n) is 5.70. The zero-order valence-corrected chi connectivity index (χ0v) is 9.82. The van der Waals surface area contributed by atoms with Crippen LogP contribution in [0.4, 0.5) is 4.79 Å². The van der Waals surface area contributed by atoms with E-state index in [0.717, 1.165) is 11.1 Å². The van der Waals surface area contributed by atoms with Gasteiger partial charge in [0.2, 0.25) is 0 Å². The van der Waals surface area contributed by atoms with E-state index in [9.17, 15) is 9.59 Å². The molecule has 0 saturated carbocycles. The molecule has 0 bridgehead atoms. The van der Waals surface area contributed by atoms with E-state index in [4.69, 9.17) is 4.74 Å². The minimum Gasteiger partial charge on any atom is -0.456 e. The van der Waals surface area contributed by atoms with Crippen LogP contribution in [0.5, 0.6) is 0 Å². The molecule has 2 amide bonds. The summed E-state index contributed by atoms with van der Waals surface area (Å²) in [5, 5.41) is 5.38. The van der Waals surface area contributed by atoms with Gasteiger partial charge in [-0.3, -0.25) is 0 Å². The summed E-state index contributed by atoms with van der Waals surface area (Å²) in [5.74, 6) is -0.370. The van der Waals surface area contributed by atoms with Gasteiger partial charge in [0.05, 0.1) is 17.3 Å². The Labute approximate surface area is 104 Å². The average molecular weight is 244 g/mol. The predicted octanol–water partition coefficient (Wildman–Crippen LogP) is 1.16. The molecule has 3 rings (SSSR count). The largest absolute Gasteiger partial charge is 0.456 e. The minimum absolute atomic E-state index is 0.143. The molecule has 0 spiro atoms. The monoisotopic (exact) mass is 244 g/mol. The maximum absolute atomic E-state index is 11.7. The lowest BCUT2D eigenvalue weighted by atomic mass is 9.93. The molecule has 1 aromatic rings. The van der Waals surface area contributed by atoms with Crippen LogP contribution in [0.2, 0.25) is 0 Å². The maximum Gasteiger partial charge on any atom is 0.338 e. The number of hydrogen-bond donors (Lipinski definition) is 2. The number of urea groups is 1. The Morgan fingerprint density at radius 2 is 2.06 bits per heavy atom. The number of amides is 2. The van der Waals surface area contributed by atoms with Crippen molar-refractivity contribution in [2.75, 3.05) is 6.61 Å². The molecule has 2 heterocycles. The van der Waals surface area contributed by atoms with Gasteiger partial charge in [-0.15, -0.1) is 0 Å². The highest BCUT2D eigenvalue weighted by atomic mass is 16.5. The fraction of sp³-hybridized carbons (Fsp3) is 0.231. The number of benzene rings is 1. The Morgan fingerprint density at radius 1 is 1.28 bits per heavy atom. The molecule has 5 heteroatoms. The van der Waals surface area contributed by atoms with Crippen LogP contribution in [0.3, 0.4) is 0 Å². The topological polar surface area (TPSA) is 67.4 Å². The first-order valence-corrected chi connectivity index (χ1v) is 5.70. The zero-order chi connectivity index (χ0) is 12.7. The van der Waals surface area contributed by atoms with E-state index in [1.807, 2.05) is 31.2 Å². The lowest BCUT2D eigenvalue weighted by molar-refractivity contribution is -0.136. The standard InChI is InChI=1S/C13H12N2O3/c1-7-4-2-3-5-8(7)11-10-9(6-18-12(10)16)14-13(17)15-11/h2-5,11H,6H2,1H3,(H2,14,15,17)/t11-/m1/s1. The summed E-state index contributed by atoms with van der Waals surface area (Å²) in [4.78, 5) is 23.3. The number of cyclic esters (lactones) is 1. The number of hydrogen-bond acceptors (Lipinski definition) is 3. The second-order valence-electron chi connectivity index (χ2n) is 4.36. The fourth-order valence-electron chi connectivity index (χ4n) is 2.33. The van der Waals surface area contributed by atoms with Crippen LogP contribution in [0, 0.1) is 6.92 Å². The minimum atomic E-state index is -0.426. The number of rotatable bonds is 1. The van der Waals surface area contributed by atoms with Gasteiger partial charge in [-0.05, 0) is 18.1 Å². The summed E-state index contributed by atoms with van der Waals surface area (Å²) in [6.45, 7) is 2.09. The highest BCUT2D eigenvalue weighted by Crippen LogP contribution is 2.32. The molecule has 0 radical (unpaired) electrons. The van der Waals surface area contributed by atoms with Crippen LogP contribution in [-0.2, 0) is 9.53 Å². The summed E-state index contributed by atoms with van der Waals surface area (Å²) in [6.07, 6.45) is 0. The normalized spacial score (nSPS) is 22.2. The number of carbonyl (C=O) groups excluding carboxylic acids is 2. The highest BCUT2D eigenvalue weighted by molar-refractivity contribution is 5.97. The molecule has 0 aromatic heterocycles. The van der Waals surface area contributed by atoms with E-state index < -0.39 is 6.04 Å². The molecule has 18 heavy (non-hydrogen) atoms. The zero-order valence-electron chi connectivity index (χ0n) is 9.82. The van der Waals surface area contributed by atoms with Gasteiger partial charge in [0.15, 0.2) is 0 Å². The van der Waals surface area contributed by atoms with Crippen LogP contribution in [0.15, 0.2) is 35.5 Å². The molecule has 2 aliphatic heterocycles. The van der Waals surface area contributed by atoms with E-state index in [0.29, 0.717) is 11.3 Å². The van der Waals surface area contributed by atoms with Crippen molar-refractivity contribution in [3.63, 3.8) is 0 Å². The molecular weight excluding hydrogens is 232 g/mol. The number of aryl methyl sites for hydroxylation is 1. The van der Waals surface area contributed by atoms with Gasteiger partial charge < -0.3 is 15.4 Å². The highest BCUT2D eigenvalue weighted by Gasteiger charge is 2.38. The average Bonchev–Trinajstić information content (AvgIpc) is 2.71. The third kappa shape index (κ3) is 1.55. The quantitative estimate of drug-likeness (QED) is 0.728. The molecule has 92 valence electrons. The van der Waals surface area contributed by atoms with Crippen molar-refractivity contribution in [1.82, 2.24) is 10.6 Å². The van der Waals surface area contributed by atoms with Gasteiger partial charge in [-0.2, -0.15) is 0 Å². The number of nitrogens with one attached hydrogen (secondary N) is 2. The Bertz CT molecular complexity index is 577. The molecule has 2 N–H and O–H groups in total. The number of esters is 1. The molecule has 5 nitrogen and oxygen atoms in total. The van der Waals surface area contributed by atoms with E-state index in [-0.39, 0.29) is 18.6 Å². The van der Waals surface area contributed by atoms with Crippen LogP contribution in [0.1, 0.15) is 17.2 Å². The number of ether oxygens (including phenoxy) is 1. The van der Waals surface area contributed by atoms with E-state index in [1.54, 1.807) is 0 Å².